The van der Waals surface area contributed by atoms with E-state index >= 15 is 0 Å². The molecule has 1 N–H and O–H groups in total. The molecule has 0 bridgehead atoms. The van der Waals surface area contributed by atoms with E-state index in [1.54, 1.807) is 19.2 Å². The number of hydrogen-bond donors (Lipinski definition) is 1. The highest BCUT2D eigenvalue weighted by molar-refractivity contribution is 9.10. The van der Waals surface area contributed by atoms with E-state index < -0.39 is 0 Å². The molecule has 2 aromatic rings. The van der Waals surface area contributed by atoms with E-state index in [-0.39, 0.29) is 5.82 Å². The molecule has 0 aliphatic carbocycles. The second-order valence-corrected chi connectivity index (χ2v) is 6.52. The molecule has 0 saturated heterocycles. The van der Waals surface area contributed by atoms with Gasteiger partial charge in [0.05, 0.1) is 7.11 Å². The van der Waals surface area contributed by atoms with Crippen molar-refractivity contribution in [2.24, 2.45) is 0 Å². The lowest BCUT2D eigenvalue weighted by atomic mass is 10.1. The first-order valence-corrected chi connectivity index (χ1v) is 8.80. The molecule has 5 heteroatoms. The summed E-state index contributed by atoms with van der Waals surface area (Å²) in [7, 11) is 1.62. The van der Waals surface area contributed by atoms with Crippen LogP contribution in [0.4, 0.5) is 4.39 Å². The fourth-order valence-electron chi connectivity index (χ4n) is 2.22. The highest BCUT2D eigenvalue weighted by atomic mass is 79.9. The number of nitrogens with one attached hydrogen (secondary N) is 1. The first-order chi connectivity index (χ1) is 11.5. The van der Waals surface area contributed by atoms with Gasteiger partial charge in [-0.1, -0.05) is 35.0 Å². The zero-order chi connectivity index (χ0) is 17.5. The largest absolute Gasteiger partial charge is 0.493 e. The van der Waals surface area contributed by atoms with Crippen molar-refractivity contribution in [3.63, 3.8) is 0 Å². The van der Waals surface area contributed by atoms with Crippen molar-refractivity contribution in [3.05, 3.63) is 57.8 Å². The van der Waals surface area contributed by atoms with Crippen molar-refractivity contribution >= 4 is 15.9 Å². The molecule has 130 valence electrons. The summed E-state index contributed by atoms with van der Waals surface area (Å²) in [6, 6.07) is 10.5. The molecule has 24 heavy (non-hydrogen) atoms. The summed E-state index contributed by atoms with van der Waals surface area (Å²) in [6.07, 6.45) is 1.05. The molecular weight excluding hydrogens is 373 g/mol. The maximum absolute atomic E-state index is 13.0. The monoisotopic (exact) mass is 395 g/mol. The van der Waals surface area contributed by atoms with Crippen molar-refractivity contribution in [3.8, 4) is 11.5 Å². The summed E-state index contributed by atoms with van der Waals surface area (Å²) >= 11 is 3.59. The first-order valence-electron chi connectivity index (χ1n) is 8.01. The van der Waals surface area contributed by atoms with Crippen LogP contribution < -0.4 is 14.8 Å². The van der Waals surface area contributed by atoms with Crippen LogP contribution in [0.15, 0.2) is 40.9 Å². The van der Waals surface area contributed by atoms with Gasteiger partial charge in [-0.05, 0) is 43.2 Å². The minimum Gasteiger partial charge on any atom is -0.493 e. The highest BCUT2D eigenvalue weighted by Gasteiger charge is 2.15. The molecule has 0 fully saturated rings. The smallest absolute Gasteiger partial charge is 0.167 e. The number of ether oxygens (including phenoxy) is 2. The van der Waals surface area contributed by atoms with E-state index in [9.17, 15) is 4.39 Å². The van der Waals surface area contributed by atoms with Gasteiger partial charge in [0.2, 0.25) is 0 Å². The molecule has 2 rings (SSSR count). The van der Waals surface area contributed by atoms with Crippen molar-refractivity contribution in [2.45, 2.75) is 39.5 Å². The molecule has 0 spiro atoms. The maximum atomic E-state index is 13.0. The lowest BCUT2D eigenvalue weighted by molar-refractivity contribution is 0.279. The van der Waals surface area contributed by atoms with Crippen LogP contribution in [0.1, 0.15) is 31.4 Å². The first kappa shape index (κ1) is 18.7. The van der Waals surface area contributed by atoms with E-state index in [0.29, 0.717) is 30.7 Å². The number of rotatable bonds is 8. The van der Waals surface area contributed by atoms with E-state index in [1.165, 1.54) is 12.1 Å². The Morgan fingerprint density at radius 2 is 1.88 bits per heavy atom. The third kappa shape index (κ3) is 4.95. The van der Waals surface area contributed by atoms with Gasteiger partial charge in [0.15, 0.2) is 11.5 Å². The minimum absolute atomic E-state index is 0.253. The molecule has 2 aromatic carbocycles. The van der Waals surface area contributed by atoms with Gasteiger partial charge in [-0.15, -0.1) is 0 Å². The van der Waals surface area contributed by atoms with Crippen molar-refractivity contribution in [1.29, 1.82) is 0 Å². The molecule has 0 aliphatic heterocycles. The van der Waals surface area contributed by atoms with E-state index in [1.807, 2.05) is 12.1 Å². The molecule has 0 aliphatic rings. The molecule has 0 radical (unpaired) electrons. The van der Waals surface area contributed by atoms with Crippen LogP contribution in [-0.2, 0) is 13.2 Å². The van der Waals surface area contributed by atoms with Gasteiger partial charge < -0.3 is 14.8 Å². The Bertz CT molecular complexity index is 661. The number of hydrogen-bond acceptors (Lipinski definition) is 3. The lowest BCUT2D eigenvalue weighted by Crippen LogP contribution is -2.25. The van der Waals surface area contributed by atoms with Crippen molar-refractivity contribution in [2.75, 3.05) is 7.11 Å². The standard InChI is InChI=1S/C19H23BrFNO2/c1-4-13(2)22-11-16-17(20)9-10-18(23-3)19(16)24-12-14-5-7-15(21)8-6-14/h5-10,13,22H,4,11-12H2,1-3H3. The van der Waals surface area contributed by atoms with E-state index in [4.69, 9.17) is 9.47 Å². The van der Waals surface area contributed by atoms with Gasteiger partial charge in [-0.3, -0.25) is 0 Å². The summed E-state index contributed by atoms with van der Waals surface area (Å²) in [5.74, 6) is 1.13. The average Bonchev–Trinajstić information content (AvgIpc) is 2.60. The second kappa shape index (κ2) is 9.04. The van der Waals surface area contributed by atoms with E-state index in [0.717, 1.165) is 22.0 Å². The quantitative estimate of drug-likeness (QED) is 0.676. The highest BCUT2D eigenvalue weighted by Crippen LogP contribution is 2.36. The summed E-state index contributed by atoms with van der Waals surface area (Å²) in [5.41, 5.74) is 1.91. The Morgan fingerprint density at radius 1 is 1.17 bits per heavy atom. The topological polar surface area (TPSA) is 30.5 Å². The fraction of sp³-hybridized carbons (Fsp3) is 0.368. The third-order valence-electron chi connectivity index (χ3n) is 3.92. The maximum Gasteiger partial charge on any atom is 0.167 e. The molecule has 0 saturated carbocycles. The van der Waals surface area contributed by atoms with Crippen molar-refractivity contribution in [1.82, 2.24) is 5.32 Å². The number of benzene rings is 2. The zero-order valence-corrected chi connectivity index (χ0v) is 15.8. The van der Waals surface area contributed by atoms with Gasteiger partial charge in [0.1, 0.15) is 12.4 Å². The van der Waals surface area contributed by atoms with Crippen LogP contribution >= 0.6 is 15.9 Å². The van der Waals surface area contributed by atoms with Gasteiger partial charge in [0, 0.05) is 22.6 Å². The normalized spacial score (nSPS) is 12.0. The lowest BCUT2D eigenvalue weighted by Gasteiger charge is -2.19. The van der Waals surface area contributed by atoms with Gasteiger partial charge in [-0.2, -0.15) is 0 Å². The van der Waals surface area contributed by atoms with Crippen LogP contribution in [0.2, 0.25) is 0 Å². The number of methoxy groups -OCH3 is 1. The van der Waals surface area contributed by atoms with E-state index in [2.05, 4.69) is 35.1 Å². The molecule has 1 atom stereocenters. The minimum atomic E-state index is -0.253. The van der Waals surface area contributed by atoms with Crippen molar-refractivity contribution < 1.29 is 13.9 Å². The molecule has 1 unspecified atom stereocenters. The zero-order valence-electron chi connectivity index (χ0n) is 14.2. The molecule has 3 nitrogen and oxygen atoms in total. The predicted molar refractivity (Wildman–Crippen MR) is 98.0 cm³/mol. The average molecular weight is 396 g/mol. The third-order valence-corrected chi connectivity index (χ3v) is 4.67. The van der Waals surface area contributed by atoms with Gasteiger partial charge in [0.25, 0.3) is 0 Å². The van der Waals surface area contributed by atoms with Crippen LogP contribution in [0.3, 0.4) is 0 Å². The van der Waals surface area contributed by atoms with Crippen LogP contribution in [0, 0.1) is 5.82 Å². The molecule has 0 heterocycles. The molecule has 0 aromatic heterocycles. The Balaban J connectivity index is 2.21. The summed E-state index contributed by atoms with van der Waals surface area (Å²) in [4.78, 5) is 0. The molecule has 0 amide bonds. The SMILES string of the molecule is CCC(C)NCc1c(Br)ccc(OC)c1OCc1ccc(F)cc1. The Hall–Kier alpha value is -1.59. The summed E-state index contributed by atoms with van der Waals surface area (Å²) in [6.45, 7) is 5.31. The fourth-order valence-corrected chi connectivity index (χ4v) is 2.68. The second-order valence-electron chi connectivity index (χ2n) is 5.66. The predicted octanol–water partition coefficient (Wildman–Crippen LogP) is 5.06. The van der Waals surface area contributed by atoms with Crippen LogP contribution in [-0.4, -0.2) is 13.2 Å². The Morgan fingerprint density at radius 3 is 2.50 bits per heavy atom. The van der Waals surface area contributed by atoms with Gasteiger partial charge in [-0.25, -0.2) is 4.39 Å². The molecular formula is C19H23BrFNO2. The van der Waals surface area contributed by atoms with Crippen LogP contribution in [0.5, 0.6) is 11.5 Å². The van der Waals surface area contributed by atoms with Gasteiger partial charge >= 0.3 is 0 Å². The Labute approximate surface area is 151 Å². The summed E-state index contributed by atoms with van der Waals surface area (Å²) in [5, 5.41) is 3.47. The Kier molecular flexibility index (Phi) is 7.06. The number of halogens is 2. The van der Waals surface area contributed by atoms with Crippen LogP contribution in [0.25, 0.3) is 0 Å². The summed E-state index contributed by atoms with van der Waals surface area (Å²) < 4.78 is 25.4.